The van der Waals surface area contributed by atoms with E-state index in [4.69, 9.17) is 9.31 Å². The minimum absolute atomic E-state index is 0.130. The van der Waals surface area contributed by atoms with Gasteiger partial charge in [0.1, 0.15) is 5.82 Å². The highest BCUT2D eigenvalue weighted by Gasteiger charge is 2.52. The average molecular weight is 277 g/mol. The van der Waals surface area contributed by atoms with Crippen LogP contribution in [0.25, 0.3) is 0 Å². The molecule has 0 unspecified atom stereocenters. The van der Waals surface area contributed by atoms with Gasteiger partial charge in [-0.15, -0.1) is 0 Å². The molecule has 0 aromatic heterocycles. The van der Waals surface area contributed by atoms with E-state index >= 15 is 0 Å². The molecule has 1 fully saturated rings. The lowest BCUT2D eigenvalue weighted by molar-refractivity contribution is 0.00578. The van der Waals surface area contributed by atoms with Gasteiger partial charge in [-0.05, 0) is 44.8 Å². The van der Waals surface area contributed by atoms with Crippen molar-refractivity contribution in [1.82, 2.24) is 5.32 Å². The van der Waals surface area contributed by atoms with Gasteiger partial charge in [0, 0.05) is 6.54 Å². The zero-order chi connectivity index (χ0) is 14.7. The highest BCUT2D eigenvalue weighted by atomic mass is 19.1. The summed E-state index contributed by atoms with van der Waals surface area (Å²) in [6, 6.07) is 3.10. The summed E-state index contributed by atoms with van der Waals surface area (Å²) in [6.07, 6.45) is 0. The number of benzene rings is 1. The van der Waals surface area contributed by atoms with Crippen molar-refractivity contribution >= 4 is 18.5 Å². The van der Waals surface area contributed by atoms with Gasteiger partial charge in [-0.3, -0.25) is 4.79 Å². The second kappa shape index (κ2) is 4.05. The lowest BCUT2D eigenvalue weighted by Gasteiger charge is -2.32. The highest BCUT2D eigenvalue weighted by Crippen LogP contribution is 2.36. The van der Waals surface area contributed by atoms with Gasteiger partial charge < -0.3 is 14.6 Å². The van der Waals surface area contributed by atoms with Crippen LogP contribution in [0.4, 0.5) is 4.39 Å². The molecule has 106 valence electrons. The SMILES string of the molecule is CC1(C)OB(c2cc(F)c3c(c2)CNC3=O)OC1(C)C. The summed E-state index contributed by atoms with van der Waals surface area (Å²) in [7, 11) is -0.615. The van der Waals surface area contributed by atoms with Gasteiger partial charge in [-0.2, -0.15) is 0 Å². The molecule has 1 aromatic carbocycles. The number of fused-ring (bicyclic) bond motifs is 1. The fourth-order valence-corrected chi connectivity index (χ4v) is 2.46. The number of hydrogen-bond donors (Lipinski definition) is 1. The highest BCUT2D eigenvalue weighted by molar-refractivity contribution is 6.62. The van der Waals surface area contributed by atoms with Gasteiger partial charge in [-0.1, -0.05) is 6.07 Å². The van der Waals surface area contributed by atoms with E-state index in [1.54, 1.807) is 6.07 Å². The summed E-state index contributed by atoms with van der Waals surface area (Å²) in [4.78, 5) is 11.5. The van der Waals surface area contributed by atoms with Crippen LogP contribution in [-0.4, -0.2) is 24.2 Å². The number of amides is 1. The Morgan fingerprint density at radius 1 is 1.20 bits per heavy atom. The van der Waals surface area contributed by atoms with Crippen molar-refractivity contribution in [3.8, 4) is 0 Å². The van der Waals surface area contributed by atoms with Crippen molar-refractivity contribution in [2.24, 2.45) is 0 Å². The molecule has 0 saturated carbocycles. The quantitative estimate of drug-likeness (QED) is 0.789. The molecular formula is C14H17BFNO3. The molecule has 1 N–H and O–H groups in total. The van der Waals surface area contributed by atoms with Gasteiger partial charge in [0.2, 0.25) is 0 Å². The summed E-state index contributed by atoms with van der Waals surface area (Å²) in [6.45, 7) is 8.13. The Bertz CT molecular complexity index is 584. The molecular weight excluding hydrogens is 260 g/mol. The number of carbonyl (C=O) groups excluding carboxylic acids is 1. The number of halogens is 1. The zero-order valence-electron chi connectivity index (χ0n) is 12.0. The van der Waals surface area contributed by atoms with E-state index in [0.717, 1.165) is 0 Å². The molecule has 1 amide bonds. The van der Waals surface area contributed by atoms with E-state index in [0.29, 0.717) is 17.6 Å². The molecule has 2 aliphatic heterocycles. The topological polar surface area (TPSA) is 47.6 Å². The first-order valence-electron chi connectivity index (χ1n) is 6.67. The largest absolute Gasteiger partial charge is 0.494 e. The molecule has 2 heterocycles. The monoisotopic (exact) mass is 277 g/mol. The first-order valence-corrected chi connectivity index (χ1v) is 6.67. The molecule has 0 spiro atoms. The van der Waals surface area contributed by atoms with Crippen molar-refractivity contribution in [1.29, 1.82) is 0 Å². The molecule has 1 aromatic rings. The smallest absolute Gasteiger partial charge is 0.399 e. The van der Waals surface area contributed by atoms with Crippen LogP contribution in [0.1, 0.15) is 43.6 Å². The Kier molecular flexibility index (Phi) is 2.75. The van der Waals surface area contributed by atoms with Gasteiger partial charge in [0.05, 0.1) is 16.8 Å². The van der Waals surface area contributed by atoms with Crippen LogP contribution in [0.2, 0.25) is 0 Å². The molecule has 0 radical (unpaired) electrons. The van der Waals surface area contributed by atoms with Crippen molar-refractivity contribution in [2.75, 3.05) is 0 Å². The summed E-state index contributed by atoms with van der Waals surface area (Å²) in [5.41, 5.74) is 0.448. The van der Waals surface area contributed by atoms with Crippen LogP contribution < -0.4 is 10.8 Å². The van der Waals surface area contributed by atoms with Crippen LogP contribution in [0.5, 0.6) is 0 Å². The van der Waals surface area contributed by atoms with Crippen molar-refractivity contribution in [2.45, 2.75) is 45.4 Å². The molecule has 2 aliphatic rings. The lowest BCUT2D eigenvalue weighted by atomic mass is 9.77. The first kappa shape index (κ1) is 13.6. The van der Waals surface area contributed by atoms with E-state index in [-0.39, 0.29) is 11.5 Å². The van der Waals surface area contributed by atoms with Gasteiger partial charge in [0.25, 0.3) is 5.91 Å². The Morgan fingerprint density at radius 3 is 2.40 bits per heavy atom. The van der Waals surface area contributed by atoms with Crippen LogP contribution >= 0.6 is 0 Å². The molecule has 0 atom stereocenters. The Morgan fingerprint density at radius 2 is 1.80 bits per heavy atom. The van der Waals surface area contributed by atoms with Gasteiger partial charge >= 0.3 is 7.12 Å². The molecule has 1 saturated heterocycles. The van der Waals surface area contributed by atoms with E-state index in [9.17, 15) is 9.18 Å². The van der Waals surface area contributed by atoms with Crippen LogP contribution in [0.15, 0.2) is 12.1 Å². The maximum atomic E-state index is 14.1. The van der Waals surface area contributed by atoms with E-state index in [1.807, 2.05) is 27.7 Å². The number of hydrogen-bond acceptors (Lipinski definition) is 3. The second-order valence-electron chi connectivity index (χ2n) is 6.31. The molecule has 3 rings (SSSR count). The third-order valence-electron chi connectivity index (χ3n) is 4.39. The Hall–Kier alpha value is -1.40. The Balaban J connectivity index is 1.98. The second-order valence-corrected chi connectivity index (χ2v) is 6.31. The lowest BCUT2D eigenvalue weighted by Crippen LogP contribution is -2.41. The Labute approximate surface area is 117 Å². The van der Waals surface area contributed by atoms with Crippen molar-refractivity contribution in [3.63, 3.8) is 0 Å². The fraction of sp³-hybridized carbons (Fsp3) is 0.500. The number of rotatable bonds is 1. The standard InChI is InChI=1S/C14H17BFNO3/c1-13(2)14(3,4)20-15(19-13)9-5-8-7-17-12(18)11(8)10(16)6-9/h5-6H,7H2,1-4H3,(H,17,18). The van der Waals surface area contributed by atoms with Crippen molar-refractivity contribution in [3.05, 3.63) is 29.1 Å². The number of nitrogens with one attached hydrogen (secondary N) is 1. The van der Waals surface area contributed by atoms with Gasteiger partial charge in [-0.25, -0.2) is 4.39 Å². The van der Waals surface area contributed by atoms with E-state index in [2.05, 4.69) is 5.32 Å². The van der Waals surface area contributed by atoms with Crippen LogP contribution in [0.3, 0.4) is 0 Å². The molecule has 6 heteroatoms. The maximum Gasteiger partial charge on any atom is 0.494 e. The van der Waals surface area contributed by atoms with Crippen molar-refractivity contribution < 1.29 is 18.5 Å². The predicted octanol–water partition coefficient (Wildman–Crippen LogP) is 1.37. The zero-order valence-corrected chi connectivity index (χ0v) is 12.0. The summed E-state index contributed by atoms with van der Waals surface area (Å²) in [5.74, 6) is -0.889. The van der Waals surface area contributed by atoms with Crippen LogP contribution in [0, 0.1) is 5.82 Å². The molecule has 4 nitrogen and oxygen atoms in total. The van der Waals surface area contributed by atoms with E-state index < -0.39 is 24.1 Å². The third kappa shape index (κ3) is 1.86. The first-order chi connectivity index (χ1) is 9.21. The molecule has 0 bridgehead atoms. The minimum atomic E-state index is -0.615. The molecule has 20 heavy (non-hydrogen) atoms. The minimum Gasteiger partial charge on any atom is -0.399 e. The average Bonchev–Trinajstić information content (AvgIpc) is 2.78. The summed E-state index contributed by atoms with van der Waals surface area (Å²) in [5, 5.41) is 2.62. The summed E-state index contributed by atoms with van der Waals surface area (Å²) < 4.78 is 25.9. The molecule has 0 aliphatic carbocycles. The maximum absolute atomic E-state index is 14.1. The third-order valence-corrected chi connectivity index (χ3v) is 4.39. The predicted molar refractivity (Wildman–Crippen MR) is 73.3 cm³/mol. The van der Waals surface area contributed by atoms with E-state index in [1.165, 1.54) is 6.07 Å². The number of carbonyl (C=O) groups is 1. The normalized spacial score (nSPS) is 22.9. The summed E-state index contributed by atoms with van der Waals surface area (Å²) >= 11 is 0. The van der Waals surface area contributed by atoms with Crippen LogP contribution in [-0.2, 0) is 15.9 Å². The fourth-order valence-electron chi connectivity index (χ4n) is 2.46. The van der Waals surface area contributed by atoms with Gasteiger partial charge in [0.15, 0.2) is 0 Å².